The van der Waals surface area contributed by atoms with Crippen LogP contribution in [0.15, 0.2) is 112 Å². The predicted octanol–water partition coefficient (Wildman–Crippen LogP) is 5.91. The molecule has 6 nitrogen and oxygen atoms in total. The van der Waals surface area contributed by atoms with Crippen LogP contribution in [0.4, 0.5) is 0 Å². The molecule has 1 aliphatic heterocycles. The van der Waals surface area contributed by atoms with E-state index in [2.05, 4.69) is 24.3 Å². The van der Waals surface area contributed by atoms with Crippen LogP contribution in [0.1, 0.15) is 40.3 Å². The molecule has 2 heterocycles. The largest absolute Gasteiger partial charge is 0.493 e. The van der Waals surface area contributed by atoms with E-state index in [1.54, 1.807) is 14.2 Å². The summed E-state index contributed by atoms with van der Waals surface area (Å²) in [6.45, 7) is 0.477. The topological polar surface area (TPSA) is 62.0 Å². The maximum Gasteiger partial charge on any atom is 0.271 e. The minimum Gasteiger partial charge on any atom is -0.493 e. The van der Waals surface area contributed by atoms with Crippen LogP contribution in [0.5, 0.6) is 17.2 Å². The summed E-state index contributed by atoms with van der Waals surface area (Å²) in [6, 6.07) is 31.9. The fourth-order valence-corrected chi connectivity index (χ4v) is 6.93. The standard InChI is InChI=1S/C36H30N2O4S/c1-40-30-18-16-26(21-31(30)41-2)34-29-17-15-25-12-6-7-14-28(25)33(29)37-36-38(34)35(39)32(43-36)20-24-11-8-13-27(19-24)42-22-23-9-4-3-5-10-23/h3-14,16,18-21,34H,15,17,22H2,1-2H3/b32-20+/t34-/m1/s1. The van der Waals surface area contributed by atoms with Crippen molar-refractivity contribution >= 4 is 23.1 Å². The first-order chi connectivity index (χ1) is 21.1. The van der Waals surface area contributed by atoms with Crippen LogP contribution < -0.4 is 29.1 Å². The van der Waals surface area contributed by atoms with Crippen molar-refractivity contribution in [1.29, 1.82) is 0 Å². The molecule has 5 aromatic rings. The summed E-state index contributed by atoms with van der Waals surface area (Å²) in [5.74, 6) is 2.03. The Labute approximate surface area is 253 Å². The van der Waals surface area contributed by atoms with Gasteiger partial charge in [-0.05, 0) is 71.0 Å². The summed E-state index contributed by atoms with van der Waals surface area (Å²) in [5, 5.41) is 0. The zero-order valence-corrected chi connectivity index (χ0v) is 24.8. The third-order valence-electron chi connectivity index (χ3n) is 8.00. The van der Waals surface area contributed by atoms with Crippen molar-refractivity contribution in [2.75, 3.05) is 14.2 Å². The van der Waals surface area contributed by atoms with Gasteiger partial charge in [-0.3, -0.25) is 9.36 Å². The number of aryl methyl sites for hydroxylation is 1. The van der Waals surface area contributed by atoms with Gasteiger partial charge in [0.25, 0.3) is 5.56 Å². The molecule has 1 aromatic heterocycles. The van der Waals surface area contributed by atoms with Crippen LogP contribution in [0.25, 0.3) is 11.8 Å². The van der Waals surface area contributed by atoms with E-state index in [1.807, 2.05) is 83.4 Å². The highest BCUT2D eigenvalue weighted by atomic mass is 32.1. The zero-order valence-electron chi connectivity index (χ0n) is 23.9. The van der Waals surface area contributed by atoms with E-state index in [0.717, 1.165) is 52.1 Å². The monoisotopic (exact) mass is 586 g/mol. The van der Waals surface area contributed by atoms with Gasteiger partial charge in [0.2, 0.25) is 0 Å². The molecule has 1 aliphatic carbocycles. The lowest BCUT2D eigenvalue weighted by atomic mass is 9.83. The molecule has 43 heavy (non-hydrogen) atoms. The van der Waals surface area contributed by atoms with E-state index in [0.29, 0.717) is 27.4 Å². The number of ether oxygens (including phenoxy) is 3. The third-order valence-corrected chi connectivity index (χ3v) is 8.98. The van der Waals surface area contributed by atoms with Gasteiger partial charge >= 0.3 is 0 Å². The molecule has 7 heteroatoms. The van der Waals surface area contributed by atoms with Gasteiger partial charge in [-0.1, -0.05) is 84.1 Å². The molecule has 4 aromatic carbocycles. The Bertz CT molecular complexity index is 2040. The van der Waals surface area contributed by atoms with Crippen LogP contribution in [0, 0.1) is 0 Å². The van der Waals surface area contributed by atoms with Crippen molar-refractivity contribution in [3.63, 3.8) is 0 Å². The lowest BCUT2D eigenvalue weighted by Crippen LogP contribution is -2.38. The van der Waals surface area contributed by atoms with Crippen LogP contribution >= 0.6 is 11.3 Å². The molecule has 2 aliphatic rings. The van der Waals surface area contributed by atoms with Gasteiger partial charge in [0, 0.05) is 5.56 Å². The Hall–Kier alpha value is -4.88. The number of fused-ring (bicyclic) bond motifs is 3. The van der Waals surface area contributed by atoms with Crippen molar-refractivity contribution in [2.45, 2.75) is 25.5 Å². The first-order valence-corrected chi connectivity index (χ1v) is 15.1. The Morgan fingerprint density at radius 2 is 1.70 bits per heavy atom. The van der Waals surface area contributed by atoms with Crippen LogP contribution in [-0.2, 0) is 13.0 Å². The fraction of sp³-hybridized carbons (Fsp3) is 0.167. The van der Waals surface area contributed by atoms with Crippen molar-refractivity contribution < 1.29 is 14.2 Å². The number of aromatic nitrogens is 1. The van der Waals surface area contributed by atoms with E-state index < -0.39 is 0 Å². The van der Waals surface area contributed by atoms with Gasteiger partial charge in [-0.15, -0.1) is 0 Å². The number of benzene rings is 4. The van der Waals surface area contributed by atoms with E-state index in [1.165, 1.54) is 16.9 Å². The molecule has 214 valence electrons. The van der Waals surface area contributed by atoms with Gasteiger partial charge in [0.1, 0.15) is 12.4 Å². The van der Waals surface area contributed by atoms with E-state index in [-0.39, 0.29) is 11.6 Å². The zero-order chi connectivity index (χ0) is 29.3. The lowest BCUT2D eigenvalue weighted by molar-refractivity contribution is 0.306. The third kappa shape index (κ3) is 5.06. The highest BCUT2D eigenvalue weighted by Crippen LogP contribution is 2.42. The Kier molecular flexibility index (Phi) is 7.17. The minimum absolute atomic E-state index is 0.0652. The van der Waals surface area contributed by atoms with Crippen molar-refractivity contribution in [2.24, 2.45) is 4.99 Å². The van der Waals surface area contributed by atoms with Crippen LogP contribution in [-0.4, -0.2) is 18.8 Å². The summed E-state index contributed by atoms with van der Waals surface area (Å²) < 4.78 is 19.7. The highest BCUT2D eigenvalue weighted by Gasteiger charge is 2.33. The molecule has 0 unspecified atom stereocenters. The molecule has 0 fully saturated rings. The molecule has 0 saturated heterocycles. The van der Waals surface area contributed by atoms with Crippen LogP contribution in [0.2, 0.25) is 0 Å². The van der Waals surface area contributed by atoms with Gasteiger partial charge in [-0.2, -0.15) is 0 Å². The number of allylic oxidation sites excluding steroid dienone is 1. The van der Waals surface area contributed by atoms with Crippen molar-refractivity contribution in [3.8, 4) is 17.2 Å². The maximum absolute atomic E-state index is 14.2. The normalized spacial score (nSPS) is 15.7. The number of hydrogen-bond donors (Lipinski definition) is 0. The summed E-state index contributed by atoms with van der Waals surface area (Å²) >= 11 is 1.42. The quantitative estimate of drug-likeness (QED) is 0.238. The summed E-state index contributed by atoms with van der Waals surface area (Å²) in [6.07, 6.45) is 3.65. The molecule has 0 spiro atoms. The maximum atomic E-state index is 14.2. The SMILES string of the molecule is COc1ccc([C@@H]2C3=C(N=c4s/c(=C/c5cccc(OCc6ccccc6)c5)c(=O)n42)c2ccccc2CC3)cc1OC. The Morgan fingerprint density at radius 1 is 0.884 bits per heavy atom. The second kappa shape index (κ2) is 11.4. The first kappa shape index (κ1) is 27.0. The van der Waals surface area contributed by atoms with Crippen molar-refractivity contribution in [3.05, 3.63) is 150 Å². The molecular weight excluding hydrogens is 556 g/mol. The fourth-order valence-electron chi connectivity index (χ4n) is 5.93. The van der Waals surface area contributed by atoms with Crippen molar-refractivity contribution in [1.82, 2.24) is 4.57 Å². The molecule has 0 N–H and O–H groups in total. The summed E-state index contributed by atoms with van der Waals surface area (Å²) in [5.41, 5.74) is 7.41. The van der Waals surface area contributed by atoms with Gasteiger partial charge in [-0.25, -0.2) is 4.99 Å². The van der Waals surface area contributed by atoms with Gasteiger partial charge in [0.15, 0.2) is 16.3 Å². The number of methoxy groups -OCH3 is 2. The number of rotatable bonds is 7. The lowest BCUT2D eigenvalue weighted by Gasteiger charge is -2.31. The molecule has 0 amide bonds. The molecule has 0 saturated carbocycles. The highest BCUT2D eigenvalue weighted by molar-refractivity contribution is 7.07. The van der Waals surface area contributed by atoms with Crippen LogP contribution in [0.3, 0.4) is 0 Å². The van der Waals surface area contributed by atoms with E-state index in [4.69, 9.17) is 19.2 Å². The number of nitrogens with zero attached hydrogens (tertiary/aromatic N) is 2. The molecule has 7 rings (SSSR count). The molecular formula is C36H30N2O4S. The summed E-state index contributed by atoms with van der Waals surface area (Å²) in [7, 11) is 3.26. The second-order valence-electron chi connectivity index (χ2n) is 10.6. The number of thiazole rings is 1. The Balaban J connectivity index is 1.34. The smallest absolute Gasteiger partial charge is 0.271 e. The Morgan fingerprint density at radius 3 is 2.53 bits per heavy atom. The molecule has 0 radical (unpaired) electrons. The molecule has 1 atom stereocenters. The molecule has 0 bridgehead atoms. The average Bonchev–Trinajstić information content (AvgIpc) is 3.36. The van der Waals surface area contributed by atoms with Gasteiger partial charge in [0.05, 0.1) is 30.5 Å². The van der Waals surface area contributed by atoms with E-state index in [9.17, 15) is 4.79 Å². The van der Waals surface area contributed by atoms with E-state index >= 15 is 0 Å². The first-order valence-electron chi connectivity index (χ1n) is 14.2. The number of hydrogen-bond acceptors (Lipinski definition) is 6. The predicted molar refractivity (Wildman–Crippen MR) is 170 cm³/mol. The second-order valence-corrected chi connectivity index (χ2v) is 11.6. The average molecular weight is 587 g/mol. The minimum atomic E-state index is -0.304. The summed E-state index contributed by atoms with van der Waals surface area (Å²) in [4.78, 5) is 20.0. The van der Waals surface area contributed by atoms with Gasteiger partial charge < -0.3 is 14.2 Å².